The molecule has 0 aliphatic heterocycles. The average Bonchev–Trinajstić information content (AvgIpc) is 3.25. The Morgan fingerprint density at radius 3 is 2.88 bits per heavy atom. The Bertz CT molecular complexity index is 891. The number of hydrogen-bond acceptors (Lipinski definition) is 6. The van der Waals surface area contributed by atoms with E-state index in [1.807, 2.05) is 24.3 Å². The van der Waals surface area contributed by atoms with E-state index in [0.29, 0.717) is 23.4 Å². The van der Waals surface area contributed by atoms with Gasteiger partial charge in [0.25, 0.3) is 0 Å². The molecule has 0 N–H and O–H groups in total. The van der Waals surface area contributed by atoms with Crippen LogP contribution in [-0.4, -0.2) is 19.7 Å². The van der Waals surface area contributed by atoms with Gasteiger partial charge in [-0.25, -0.2) is 4.98 Å². The zero-order valence-electron chi connectivity index (χ0n) is 14.4. The summed E-state index contributed by atoms with van der Waals surface area (Å²) in [5.74, 6) is 2.33. The van der Waals surface area contributed by atoms with Crippen LogP contribution >= 0.6 is 34.7 Å². The number of ether oxygens (including phenoxy) is 1. The van der Waals surface area contributed by atoms with Gasteiger partial charge in [0.2, 0.25) is 0 Å². The van der Waals surface area contributed by atoms with E-state index in [1.165, 1.54) is 17.8 Å². The van der Waals surface area contributed by atoms with Gasteiger partial charge in [-0.2, -0.15) is 0 Å². The van der Waals surface area contributed by atoms with Crippen LogP contribution in [0.5, 0.6) is 5.75 Å². The molecule has 1 aromatic carbocycles. The van der Waals surface area contributed by atoms with Gasteiger partial charge in [0.1, 0.15) is 12.4 Å². The molecule has 26 heavy (non-hydrogen) atoms. The molecular weight excluding hydrogens is 388 g/mol. The quantitative estimate of drug-likeness (QED) is 0.484. The number of aryl methyl sites for hydroxylation is 1. The summed E-state index contributed by atoms with van der Waals surface area (Å²) in [7, 11) is 0. The summed E-state index contributed by atoms with van der Waals surface area (Å²) in [6, 6.07) is 7.97. The number of nitrogens with zero attached hydrogens (tertiary/aromatic N) is 4. The molecule has 5 nitrogen and oxygen atoms in total. The fourth-order valence-corrected chi connectivity index (χ4v) is 4.58. The number of aromatic nitrogens is 4. The van der Waals surface area contributed by atoms with Gasteiger partial charge in [-0.1, -0.05) is 42.4 Å². The molecule has 136 valence electrons. The predicted octanol–water partition coefficient (Wildman–Crippen LogP) is 5.16. The minimum atomic E-state index is 0.366. The van der Waals surface area contributed by atoms with Crippen LogP contribution < -0.4 is 4.74 Å². The van der Waals surface area contributed by atoms with Gasteiger partial charge in [0, 0.05) is 17.2 Å². The molecule has 8 heteroatoms. The maximum absolute atomic E-state index is 6.16. The highest BCUT2D eigenvalue weighted by Gasteiger charge is 2.30. The van der Waals surface area contributed by atoms with Crippen LogP contribution in [0.2, 0.25) is 5.02 Å². The molecule has 0 radical (unpaired) electrons. The monoisotopic (exact) mass is 406 g/mol. The van der Waals surface area contributed by atoms with Gasteiger partial charge >= 0.3 is 0 Å². The molecule has 4 rings (SSSR count). The first-order valence-electron chi connectivity index (χ1n) is 8.61. The molecule has 0 bridgehead atoms. The van der Waals surface area contributed by atoms with E-state index < -0.39 is 0 Å². The first-order valence-corrected chi connectivity index (χ1v) is 10.9. The van der Waals surface area contributed by atoms with Crippen LogP contribution in [0.1, 0.15) is 42.3 Å². The topological polar surface area (TPSA) is 52.8 Å². The first-order chi connectivity index (χ1) is 12.7. The van der Waals surface area contributed by atoms with Crippen molar-refractivity contribution in [3.05, 3.63) is 51.2 Å². The molecule has 2 aromatic heterocycles. The Labute approximate surface area is 165 Å². The molecule has 0 unspecified atom stereocenters. The number of thioether (sulfide) groups is 1. The highest BCUT2D eigenvalue weighted by molar-refractivity contribution is 7.98. The molecule has 1 aliphatic rings. The highest BCUT2D eigenvalue weighted by atomic mass is 35.5. The number of para-hydroxylation sites is 1. The second-order valence-corrected chi connectivity index (χ2v) is 8.39. The van der Waals surface area contributed by atoms with Crippen molar-refractivity contribution in [2.24, 2.45) is 0 Å². The van der Waals surface area contributed by atoms with Gasteiger partial charge in [-0.3, -0.25) is 4.57 Å². The van der Waals surface area contributed by atoms with Crippen LogP contribution in [0.3, 0.4) is 0 Å². The molecule has 0 spiro atoms. The van der Waals surface area contributed by atoms with Crippen LogP contribution in [0.4, 0.5) is 0 Å². The minimum absolute atomic E-state index is 0.366. The molecule has 0 atom stereocenters. The lowest BCUT2D eigenvalue weighted by Gasteiger charge is -2.10. The van der Waals surface area contributed by atoms with Crippen molar-refractivity contribution in [3.63, 3.8) is 0 Å². The molecule has 1 fully saturated rings. The molecule has 1 aliphatic carbocycles. The fraction of sp³-hybridized carbons (Fsp3) is 0.389. The summed E-state index contributed by atoms with van der Waals surface area (Å²) < 4.78 is 8.08. The maximum atomic E-state index is 6.16. The van der Waals surface area contributed by atoms with Crippen molar-refractivity contribution in [3.8, 4) is 5.75 Å². The average molecular weight is 407 g/mol. The van der Waals surface area contributed by atoms with Crippen molar-refractivity contribution in [2.75, 3.05) is 0 Å². The van der Waals surface area contributed by atoms with Crippen LogP contribution in [0.15, 0.2) is 34.8 Å². The van der Waals surface area contributed by atoms with E-state index >= 15 is 0 Å². The van der Waals surface area contributed by atoms with Gasteiger partial charge in [0.15, 0.2) is 11.0 Å². The van der Waals surface area contributed by atoms with Crippen LogP contribution in [-0.2, 0) is 18.8 Å². The molecule has 3 aromatic rings. The van der Waals surface area contributed by atoms with E-state index in [4.69, 9.17) is 16.3 Å². The second kappa shape index (κ2) is 7.98. The van der Waals surface area contributed by atoms with E-state index in [9.17, 15) is 0 Å². The number of rotatable bonds is 8. The lowest BCUT2D eigenvalue weighted by molar-refractivity contribution is 0.288. The van der Waals surface area contributed by atoms with E-state index in [-0.39, 0.29) is 0 Å². The third-order valence-corrected chi connectivity index (χ3v) is 6.42. The summed E-state index contributed by atoms with van der Waals surface area (Å²) in [6.07, 6.45) is 3.32. The first kappa shape index (κ1) is 17.8. The summed E-state index contributed by atoms with van der Waals surface area (Å²) >= 11 is 9.57. The molecule has 2 heterocycles. The summed E-state index contributed by atoms with van der Waals surface area (Å²) in [5.41, 5.74) is 1.11. The Morgan fingerprint density at radius 1 is 1.31 bits per heavy atom. The van der Waals surface area contributed by atoms with Crippen LogP contribution in [0, 0.1) is 0 Å². The van der Waals surface area contributed by atoms with E-state index in [0.717, 1.165) is 28.8 Å². The van der Waals surface area contributed by atoms with Crippen LogP contribution in [0.25, 0.3) is 0 Å². The van der Waals surface area contributed by atoms with Gasteiger partial charge in [-0.05, 0) is 31.4 Å². The Hall–Kier alpha value is -1.57. The zero-order chi connectivity index (χ0) is 17.9. The second-order valence-electron chi connectivity index (χ2n) is 6.09. The van der Waals surface area contributed by atoms with Crippen molar-refractivity contribution in [2.45, 2.75) is 49.7 Å². The smallest absolute Gasteiger partial charge is 0.191 e. The molecule has 0 amide bonds. The standard InChI is InChI=1S/C18H19ClN4OS2/c1-2-17-20-12(10-25-17)11-26-18-22-21-16(23(18)13-7-8-13)9-24-15-6-4-3-5-14(15)19/h3-6,10,13H,2,7-9,11H2,1H3. The minimum Gasteiger partial charge on any atom is -0.484 e. The zero-order valence-corrected chi connectivity index (χ0v) is 16.8. The van der Waals surface area contributed by atoms with E-state index in [1.54, 1.807) is 23.1 Å². The Kier molecular flexibility index (Phi) is 5.47. The van der Waals surface area contributed by atoms with Gasteiger partial charge < -0.3 is 4.74 Å². The van der Waals surface area contributed by atoms with Crippen molar-refractivity contribution in [1.29, 1.82) is 0 Å². The summed E-state index contributed by atoms with van der Waals surface area (Å²) in [4.78, 5) is 4.63. The van der Waals surface area contributed by atoms with Crippen molar-refractivity contribution < 1.29 is 4.74 Å². The predicted molar refractivity (Wildman–Crippen MR) is 105 cm³/mol. The lowest BCUT2D eigenvalue weighted by atomic mass is 10.3. The Balaban J connectivity index is 1.45. The van der Waals surface area contributed by atoms with Gasteiger partial charge in [0.05, 0.1) is 15.7 Å². The number of benzene rings is 1. The molecule has 0 saturated heterocycles. The fourth-order valence-electron chi connectivity index (χ4n) is 2.62. The molecule has 1 saturated carbocycles. The normalized spacial score (nSPS) is 13.9. The lowest BCUT2D eigenvalue weighted by Crippen LogP contribution is -2.07. The number of halogens is 1. The third-order valence-electron chi connectivity index (χ3n) is 4.09. The third kappa shape index (κ3) is 4.05. The van der Waals surface area contributed by atoms with Gasteiger partial charge in [-0.15, -0.1) is 21.5 Å². The summed E-state index contributed by atoms with van der Waals surface area (Å²) in [5, 5.41) is 13.6. The molecular formula is C18H19ClN4OS2. The largest absolute Gasteiger partial charge is 0.484 e. The summed E-state index contributed by atoms with van der Waals surface area (Å²) in [6.45, 7) is 2.50. The Morgan fingerprint density at radius 2 is 2.15 bits per heavy atom. The number of thiazole rings is 1. The number of hydrogen-bond donors (Lipinski definition) is 0. The van der Waals surface area contributed by atoms with E-state index in [2.05, 4.69) is 32.1 Å². The van der Waals surface area contributed by atoms with Crippen molar-refractivity contribution >= 4 is 34.7 Å². The van der Waals surface area contributed by atoms with Crippen molar-refractivity contribution in [1.82, 2.24) is 19.7 Å². The maximum Gasteiger partial charge on any atom is 0.191 e. The highest BCUT2D eigenvalue weighted by Crippen LogP contribution is 2.39. The SMILES string of the molecule is CCc1nc(CSc2nnc(COc3ccccc3Cl)n2C2CC2)cs1.